The second kappa shape index (κ2) is 2.63. The Bertz CT molecular complexity index is 267. The van der Waals surface area contributed by atoms with Crippen LogP contribution < -0.4 is 0 Å². The van der Waals surface area contributed by atoms with E-state index in [2.05, 4.69) is 12.2 Å². The van der Waals surface area contributed by atoms with Crippen molar-refractivity contribution in [2.24, 2.45) is 23.7 Å². The second-order valence-corrected chi connectivity index (χ2v) is 5.79. The zero-order valence-electron chi connectivity index (χ0n) is 8.56. The van der Waals surface area contributed by atoms with Crippen LogP contribution >= 0.6 is 0 Å². The summed E-state index contributed by atoms with van der Waals surface area (Å²) in [7, 11) is 0. The topological polar surface area (TPSA) is 9.23 Å². The molecule has 3 aliphatic carbocycles. The van der Waals surface area contributed by atoms with Gasteiger partial charge in [0.05, 0.1) is 12.2 Å². The lowest BCUT2D eigenvalue weighted by atomic mass is 9.70. The van der Waals surface area contributed by atoms with Crippen LogP contribution in [-0.2, 0) is 4.74 Å². The summed E-state index contributed by atoms with van der Waals surface area (Å²) in [5.41, 5.74) is 0. The largest absolute Gasteiger partial charge is 0.375 e. The van der Waals surface area contributed by atoms with E-state index in [0.29, 0.717) is 12.2 Å². The summed E-state index contributed by atoms with van der Waals surface area (Å²) in [4.78, 5) is 0. The van der Waals surface area contributed by atoms with Crippen molar-refractivity contribution in [1.82, 2.24) is 0 Å². The van der Waals surface area contributed by atoms with Crippen molar-refractivity contribution in [3.63, 3.8) is 0 Å². The van der Waals surface area contributed by atoms with Gasteiger partial charge in [-0.25, -0.2) is 0 Å². The summed E-state index contributed by atoms with van der Waals surface area (Å²) in [6.45, 7) is 0. The summed E-state index contributed by atoms with van der Waals surface area (Å²) in [5.74, 6) is 3.93. The molecule has 0 amide bonds. The van der Waals surface area contributed by atoms with Crippen LogP contribution in [0.4, 0.5) is 0 Å². The van der Waals surface area contributed by atoms with Crippen molar-refractivity contribution in [2.75, 3.05) is 0 Å². The monoisotopic (exact) mass is 190 g/mol. The molecule has 4 bridgehead atoms. The Morgan fingerprint density at radius 3 is 2.21 bits per heavy atom. The molecule has 5 aliphatic rings. The summed E-state index contributed by atoms with van der Waals surface area (Å²) >= 11 is 0. The van der Waals surface area contributed by atoms with E-state index in [9.17, 15) is 0 Å². The van der Waals surface area contributed by atoms with Crippen molar-refractivity contribution in [3.8, 4) is 0 Å². The van der Waals surface area contributed by atoms with Gasteiger partial charge in [-0.1, -0.05) is 12.2 Å². The van der Waals surface area contributed by atoms with E-state index in [1.807, 2.05) is 0 Å². The molecule has 1 heteroatoms. The first-order valence-electron chi connectivity index (χ1n) is 6.22. The highest BCUT2D eigenvalue weighted by atomic mass is 16.5. The van der Waals surface area contributed by atoms with E-state index in [0.717, 1.165) is 23.7 Å². The first-order valence-corrected chi connectivity index (χ1v) is 6.22. The molecule has 0 N–H and O–H groups in total. The summed E-state index contributed by atoms with van der Waals surface area (Å²) in [5, 5.41) is 0. The Balaban J connectivity index is 1.51. The highest BCUT2D eigenvalue weighted by molar-refractivity contribution is 5.12. The number of fused-ring (bicyclic) bond motifs is 4. The number of allylic oxidation sites excluding steroid dienone is 2. The SMILES string of the molecule is C1=CC2CC1CC2C1CC2CC(C1)O2. The average Bonchev–Trinajstić information content (AvgIpc) is 2.77. The second-order valence-electron chi connectivity index (χ2n) is 5.79. The van der Waals surface area contributed by atoms with Gasteiger partial charge in [-0.15, -0.1) is 0 Å². The minimum atomic E-state index is 0.654. The van der Waals surface area contributed by atoms with Gasteiger partial charge in [0.2, 0.25) is 0 Å². The molecule has 76 valence electrons. The van der Waals surface area contributed by atoms with Gasteiger partial charge in [-0.3, -0.25) is 0 Å². The molecule has 0 aromatic rings. The van der Waals surface area contributed by atoms with E-state index < -0.39 is 0 Å². The standard InChI is InChI=1S/C13H18O/c1-2-9-3-8(1)4-13(9)10-5-11-7-12(6-10)14-11/h1-2,8-13H,3-7H2. The zero-order valence-corrected chi connectivity index (χ0v) is 8.56. The Hall–Kier alpha value is -0.300. The zero-order chi connectivity index (χ0) is 9.12. The van der Waals surface area contributed by atoms with Gasteiger partial charge >= 0.3 is 0 Å². The van der Waals surface area contributed by atoms with Crippen molar-refractivity contribution >= 4 is 0 Å². The molecule has 1 nitrogen and oxygen atoms in total. The first-order chi connectivity index (χ1) is 6.88. The number of ether oxygens (including phenoxy) is 1. The maximum atomic E-state index is 5.73. The highest BCUT2D eigenvalue weighted by Gasteiger charge is 2.47. The van der Waals surface area contributed by atoms with E-state index >= 15 is 0 Å². The molecule has 14 heavy (non-hydrogen) atoms. The molecular formula is C13H18O. The van der Waals surface area contributed by atoms with Crippen LogP contribution in [0, 0.1) is 23.7 Å². The van der Waals surface area contributed by atoms with Crippen LogP contribution in [-0.4, -0.2) is 12.2 Å². The Morgan fingerprint density at radius 2 is 1.64 bits per heavy atom. The third-order valence-corrected chi connectivity index (χ3v) is 4.98. The van der Waals surface area contributed by atoms with Crippen LogP contribution in [0.1, 0.15) is 32.1 Å². The maximum absolute atomic E-state index is 5.73. The number of rotatable bonds is 1. The minimum Gasteiger partial charge on any atom is -0.375 e. The summed E-state index contributed by atoms with van der Waals surface area (Å²) in [6, 6.07) is 0. The van der Waals surface area contributed by atoms with Crippen LogP contribution in [0.5, 0.6) is 0 Å². The smallest absolute Gasteiger partial charge is 0.0606 e. The first kappa shape index (κ1) is 7.92. The van der Waals surface area contributed by atoms with Crippen molar-refractivity contribution < 1.29 is 4.74 Å². The van der Waals surface area contributed by atoms with Crippen molar-refractivity contribution in [2.45, 2.75) is 44.3 Å². The molecule has 0 aromatic carbocycles. The van der Waals surface area contributed by atoms with Gasteiger partial charge in [-0.05, 0) is 55.8 Å². The lowest BCUT2D eigenvalue weighted by Crippen LogP contribution is -2.47. The predicted molar refractivity (Wildman–Crippen MR) is 54.8 cm³/mol. The van der Waals surface area contributed by atoms with E-state index in [1.165, 1.54) is 32.1 Å². The summed E-state index contributed by atoms with van der Waals surface area (Å²) < 4.78 is 5.73. The van der Waals surface area contributed by atoms with Crippen LogP contribution in [0.15, 0.2) is 12.2 Å². The molecule has 2 saturated carbocycles. The molecule has 2 aliphatic heterocycles. The van der Waals surface area contributed by atoms with Crippen molar-refractivity contribution in [1.29, 1.82) is 0 Å². The van der Waals surface area contributed by atoms with E-state index in [4.69, 9.17) is 4.74 Å². The van der Waals surface area contributed by atoms with E-state index in [-0.39, 0.29) is 0 Å². The fourth-order valence-electron chi connectivity index (χ4n) is 4.34. The molecule has 0 radical (unpaired) electrons. The van der Waals surface area contributed by atoms with E-state index in [1.54, 1.807) is 0 Å². The molecule has 5 rings (SSSR count). The quantitative estimate of drug-likeness (QED) is 0.578. The van der Waals surface area contributed by atoms with Gasteiger partial charge in [0.1, 0.15) is 0 Å². The fourth-order valence-corrected chi connectivity index (χ4v) is 4.34. The van der Waals surface area contributed by atoms with Gasteiger partial charge in [0.15, 0.2) is 0 Å². The molecule has 0 spiro atoms. The fraction of sp³-hybridized carbons (Fsp3) is 0.846. The van der Waals surface area contributed by atoms with Crippen LogP contribution in [0.2, 0.25) is 0 Å². The van der Waals surface area contributed by atoms with Gasteiger partial charge in [0.25, 0.3) is 0 Å². The van der Waals surface area contributed by atoms with Crippen LogP contribution in [0.25, 0.3) is 0 Å². The third-order valence-electron chi connectivity index (χ3n) is 4.98. The average molecular weight is 190 g/mol. The molecule has 4 fully saturated rings. The van der Waals surface area contributed by atoms with Gasteiger partial charge in [0, 0.05) is 0 Å². The summed E-state index contributed by atoms with van der Waals surface area (Å²) in [6.07, 6.45) is 13.3. The normalized spacial score (nSPS) is 58.9. The lowest BCUT2D eigenvalue weighted by molar-refractivity contribution is -0.180. The third kappa shape index (κ3) is 0.995. The molecule has 5 atom stereocenters. The Labute approximate surface area is 85.5 Å². The van der Waals surface area contributed by atoms with Crippen molar-refractivity contribution in [3.05, 3.63) is 12.2 Å². The predicted octanol–water partition coefficient (Wildman–Crippen LogP) is 2.77. The molecule has 5 unspecified atom stereocenters. The molecule has 0 aromatic heterocycles. The lowest BCUT2D eigenvalue weighted by Gasteiger charge is -2.48. The highest BCUT2D eigenvalue weighted by Crippen LogP contribution is 2.52. The minimum absolute atomic E-state index is 0.654. The maximum Gasteiger partial charge on any atom is 0.0606 e. The molecule has 2 saturated heterocycles. The Morgan fingerprint density at radius 1 is 0.857 bits per heavy atom. The van der Waals surface area contributed by atoms with Gasteiger partial charge < -0.3 is 4.74 Å². The number of hydrogen-bond donors (Lipinski definition) is 0. The molecular weight excluding hydrogens is 172 g/mol. The van der Waals surface area contributed by atoms with Gasteiger partial charge in [-0.2, -0.15) is 0 Å². The Kier molecular flexibility index (Phi) is 1.49. The molecule has 2 heterocycles. The number of hydrogen-bond acceptors (Lipinski definition) is 1. The van der Waals surface area contributed by atoms with Crippen LogP contribution in [0.3, 0.4) is 0 Å².